The number of aryl methyl sites for hydroxylation is 1. The van der Waals surface area contributed by atoms with Crippen LogP contribution < -0.4 is 5.32 Å². The molecule has 0 fully saturated rings. The molecule has 1 atom stereocenters. The van der Waals surface area contributed by atoms with Gasteiger partial charge in [-0.1, -0.05) is 54.0 Å². The molecular formula is C18H21BrFN. The van der Waals surface area contributed by atoms with Crippen LogP contribution in [0, 0.1) is 5.82 Å². The van der Waals surface area contributed by atoms with Gasteiger partial charge in [0.05, 0.1) is 6.04 Å². The number of hydrogen-bond donors (Lipinski definition) is 1. The van der Waals surface area contributed by atoms with Crippen LogP contribution in [0.3, 0.4) is 0 Å². The van der Waals surface area contributed by atoms with E-state index in [0.29, 0.717) is 0 Å². The Morgan fingerprint density at radius 1 is 1.10 bits per heavy atom. The van der Waals surface area contributed by atoms with Crippen LogP contribution in [-0.2, 0) is 6.42 Å². The van der Waals surface area contributed by atoms with Gasteiger partial charge in [0.15, 0.2) is 0 Å². The van der Waals surface area contributed by atoms with Gasteiger partial charge in [0, 0.05) is 4.47 Å². The van der Waals surface area contributed by atoms with Crippen molar-refractivity contribution in [3.63, 3.8) is 0 Å². The molecule has 0 aliphatic heterocycles. The van der Waals surface area contributed by atoms with E-state index in [2.05, 4.69) is 59.4 Å². The summed E-state index contributed by atoms with van der Waals surface area (Å²) in [6, 6.07) is 13.4. The SMILES string of the molecule is CCCNC(c1ccc(CC)cc1)c1cc(F)ccc1Br. The number of hydrogen-bond acceptors (Lipinski definition) is 1. The Balaban J connectivity index is 2.38. The fourth-order valence-electron chi connectivity index (χ4n) is 2.38. The van der Waals surface area contributed by atoms with Crippen molar-refractivity contribution in [3.05, 3.63) is 69.4 Å². The highest BCUT2D eigenvalue weighted by Gasteiger charge is 2.16. The summed E-state index contributed by atoms with van der Waals surface area (Å²) in [6.07, 6.45) is 2.06. The quantitative estimate of drug-likeness (QED) is 0.751. The maximum absolute atomic E-state index is 13.6. The molecule has 3 heteroatoms. The lowest BCUT2D eigenvalue weighted by molar-refractivity contribution is 0.583. The minimum absolute atomic E-state index is 0.000862. The number of halogens is 2. The van der Waals surface area contributed by atoms with E-state index in [0.717, 1.165) is 35.0 Å². The van der Waals surface area contributed by atoms with Gasteiger partial charge in [-0.15, -0.1) is 0 Å². The highest BCUT2D eigenvalue weighted by molar-refractivity contribution is 9.10. The molecular weight excluding hydrogens is 329 g/mol. The van der Waals surface area contributed by atoms with E-state index in [1.54, 1.807) is 12.1 Å². The van der Waals surface area contributed by atoms with E-state index < -0.39 is 0 Å². The summed E-state index contributed by atoms with van der Waals surface area (Å²) in [6.45, 7) is 5.17. The monoisotopic (exact) mass is 349 g/mol. The summed E-state index contributed by atoms with van der Waals surface area (Å²) in [5, 5.41) is 3.51. The van der Waals surface area contributed by atoms with Gasteiger partial charge < -0.3 is 5.32 Å². The van der Waals surface area contributed by atoms with Crippen molar-refractivity contribution >= 4 is 15.9 Å². The second-order valence-corrected chi connectivity index (χ2v) is 6.00. The van der Waals surface area contributed by atoms with E-state index >= 15 is 0 Å². The predicted molar refractivity (Wildman–Crippen MR) is 90.1 cm³/mol. The summed E-state index contributed by atoms with van der Waals surface area (Å²) in [5.74, 6) is -0.207. The zero-order valence-electron chi connectivity index (χ0n) is 12.5. The Kier molecular flexibility index (Phi) is 5.95. The Bertz CT molecular complexity index is 580. The molecule has 1 N–H and O–H groups in total. The number of rotatable bonds is 6. The molecule has 0 amide bonds. The summed E-state index contributed by atoms with van der Waals surface area (Å²) < 4.78 is 14.5. The maximum atomic E-state index is 13.6. The van der Waals surface area contributed by atoms with Crippen LogP contribution >= 0.6 is 15.9 Å². The molecule has 0 spiro atoms. The van der Waals surface area contributed by atoms with Crippen molar-refractivity contribution in [3.8, 4) is 0 Å². The van der Waals surface area contributed by atoms with Gasteiger partial charge in [-0.3, -0.25) is 0 Å². The molecule has 0 radical (unpaired) electrons. The first-order chi connectivity index (χ1) is 10.2. The minimum Gasteiger partial charge on any atom is -0.306 e. The zero-order valence-corrected chi connectivity index (χ0v) is 14.1. The van der Waals surface area contributed by atoms with Crippen LogP contribution in [0.1, 0.15) is 43.0 Å². The van der Waals surface area contributed by atoms with Gasteiger partial charge in [-0.2, -0.15) is 0 Å². The second-order valence-electron chi connectivity index (χ2n) is 5.15. The third kappa shape index (κ3) is 4.14. The average Bonchev–Trinajstić information content (AvgIpc) is 2.51. The van der Waals surface area contributed by atoms with Crippen molar-refractivity contribution in [1.29, 1.82) is 0 Å². The van der Waals surface area contributed by atoms with E-state index in [-0.39, 0.29) is 11.9 Å². The third-order valence-electron chi connectivity index (χ3n) is 3.59. The molecule has 0 bridgehead atoms. The predicted octanol–water partition coefficient (Wildman–Crippen LogP) is 5.24. The first-order valence-corrected chi connectivity index (χ1v) is 8.22. The molecule has 0 aliphatic rings. The number of benzene rings is 2. The lowest BCUT2D eigenvalue weighted by atomic mass is 9.97. The Morgan fingerprint density at radius 3 is 2.43 bits per heavy atom. The molecule has 112 valence electrons. The van der Waals surface area contributed by atoms with Crippen molar-refractivity contribution in [1.82, 2.24) is 5.32 Å². The fraction of sp³-hybridized carbons (Fsp3) is 0.333. The van der Waals surface area contributed by atoms with Crippen LogP contribution in [0.5, 0.6) is 0 Å². The Morgan fingerprint density at radius 2 is 1.81 bits per heavy atom. The van der Waals surface area contributed by atoms with Crippen molar-refractivity contribution < 1.29 is 4.39 Å². The first kappa shape index (κ1) is 16.2. The molecule has 0 aliphatic carbocycles. The average molecular weight is 350 g/mol. The standard InChI is InChI=1S/C18H21BrFN/c1-3-11-21-18(14-7-5-13(4-2)6-8-14)16-12-15(20)9-10-17(16)19/h5-10,12,18,21H,3-4,11H2,1-2H3. The van der Waals surface area contributed by atoms with Crippen LogP contribution in [0.4, 0.5) is 4.39 Å². The van der Waals surface area contributed by atoms with E-state index in [1.165, 1.54) is 11.6 Å². The van der Waals surface area contributed by atoms with Crippen molar-refractivity contribution in [2.75, 3.05) is 6.54 Å². The first-order valence-electron chi connectivity index (χ1n) is 7.42. The lowest BCUT2D eigenvalue weighted by Crippen LogP contribution is -2.23. The molecule has 21 heavy (non-hydrogen) atoms. The van der Waals surface area contributed by atoms with Gasteiger partial charge in [0.25, 0.3) is 0 Å². The summed E-state index contributed by atoms with van der Waals surface area (Å²) in [7, 11) is 0. The van der Waals surface area contributed by atoms with Gasteiger partial charge in [-0.05, 0) is 54.3 Å². The highest BCUT2D eigenvalue weighted by Crippen LogP contribution is 2.29. The normalized spacial score (nSPS) is 12.4. The summed E-state index contributed by atoms with van der Waals surface area (Å²) in [4.78, 5) is 0. The van der Waals surface area contributed by atoms with Crippen LogP contribution in [0.25, 0.3) is 0 Å². The van der Waals surface area contributed by atoms with Gasteiger partial charge in [-0.25, -0.2) is 4.39 Å². The minimum atomic E-state index is -0.207. The van der Waals surface area contributed by atoms with E-state index in [1.807, 2.05) is 0 Å². The van der Waals surface area contributed by atoms with E-state index in [4.69, 9.17) is 0 Å². The molecule has 0 saturated heterocycles. The maximum Gasteiger partial charge on any atom is 0.123 e. The molecule has 2 aromatic rings. The smallest absolute Gasteiger partial charge is 0.123 e. The van der Waals surface area contributed by atoms with Gasteiger partial charge in [0.1, 0.15) is 5.82 Å². The second kappa shape index (κ2) is 7.71. The number of nitrogens with one attached hydrogen (secondary N) is 1. The molecule has 0 heterocycles. The molecule has 2 rings (SSSR count). The largest absolute Gasteiger partial charge is 0.306 e. The van der Waals surface area contributed by atoms with Crippen LogP contribution in [-0.4, -0.2) is 6.54 Å². The Hall–Kier alpha value is -1.19. The summed E-state index contributed by atoms with van der Waals surface area (Å²) in [5.41, 5.74) is 3.41. The zero-order chi connectivity index (χ0) is 15.2. The molecule has 0 saturated carbocycles. The Labute approximate surface area is 134 Å². The third-order valence-corrected chi connectivity index (χ3v) is 4.31. The van der Waals surface area contributed by atoms with Crippen molar-refractivity contribution in [2.24, 2.45) is 0 Å². The van der Waals surface area contributed by atoms with Crippen molar-refractivity contribution in [2.45, 2.75) is 32.7 Å². The molecule has 2 aromatic carbocycles. The van der Waals surface area contributed by atoms with Crippen LogP contribution in [0.15, 0.2) is 46.9 Å². The fourth-order valence-corrected chi connectivity index (χ4v) is 2.85. The molecule has 0 aromatic heterocycles. The van der Waals surface area contributed by atoms with E-state index in [9.17, 15) is 4.39 Å². The molecule has 1 nitrogen and oxygen atoms in total. The van der Waals surface area contributed by atoms with Gasteiger partial charge >= 0.3 is 0 Å². The van der Waals surface area contributed by atoms with Gasteiger partial charge in [0.2, 0.25) is 0 Å². The lowest BCUT2D eigenvalue weighted by Gasteiger charge is -2.21. The topological polar surface area (TPSA) is 12.0 Å². The summed E-state index contributed by atoms with van der Waals surface area (Å²) >= 11 is 3.54. The molecule has 1 unspecified atom stereocenters. The highest BCUT2D eigenvalue weighted by atomic mass is 79.9. The van der Waals surface area contributed by atoms with Crippen LogP contribution in [0.2, 0.25) is 0 Å².